The molecule has 1 fully saturated rings. The van der Waals surface area contributed by atoms with E-state index in [9.17, 15) is 4.79 Å². The number of nitrogens with one attached hydrogen (secondary N) is 2. The maximum atomic E-state index is 11.5. The quantitative estimate of drug-likeness (QED) is 0.276. The summed E-state index contributed by atoms with van der Waals surface area (Å²) in [5.74, 6) is 1.53. The van der Waals surface area contributed by atoms with Crippen molar-refractivity contribution in [2.45, 2.75) is 25.9 Å². The van der Waals surface area contributed by atoms with Gasteiger partial charge in [-0.3, -0.25) is 9.79 Å². The molecule has 1 heterocycles. The zero-order valence-corrected chi connectivity index (χ0v) is 18.1. The Bertz CT molecular complexity index is 546. The number of piperidine rings is 1. The fourth-order valence-electron chi connectivity index (χ4n) is 3.04. The number of halogens is 1. The molecule has 1 aliphatic rings. The number of nitrogens with zero attached hydrogens (tertiary/aromatic N) is 2. The van der Waals surface area contributed by atoms with Crippen molar-refractivity contribution in [1.29, 1.82) is 0 Å². The van der Waals surface area contributed by atoms with Crippen LogP contribution in [0.15, 0.2) is 35.3 Å². The molecule has 2 rings (SSSR count). The van der Waals surface area contributed by atoms with Crippen molar-refractivity contribution in [2.75, 3.05) is 40.3 Å². The Morgan fingerprint density at radius 2 is 1.96 bits per heavy atom. The maximum Gasteiger partial charge on any atom is 0.220 e. The molecule has 1 saturated heterocycles. The van der Waals surface area contributed by atoms with E-state index in [1.54, 1.807) is 7.05 Å². The van der Waals surface area contributed by atoms with Gasteiger partial charge < -0.3 is 20.3 Å². The van der Waals surface area contributed by atoms with E-state index in [2.05, 4.69) is 32.7 Å². The minimum atomic E-state index is 0. The zero-order chi connectivity index (χ0) is 17.9. The summed E-state index contributed by atoms with van der Waals surface area (Å²) in [6.07, 6.45) is 2.68. The van der Waals surface area contributed by atoms with Gasteiger partial charge in [-0.15, -0.1) is 24.0 Å². The third-order valence-electron chi connectivity index (χ3n) is 4.52. The van der Waals surface area contributed by atoms with Crippen molar-refractivity contribution < 1.29 is 9.53 Å². The van der Waals surface area contributed by atoms with E-state index >= 15 is 0 Å². The number of benzene rings is 1. The number of carbonyl (C=O) groups excluding carboxylic acids is 1. The Balaban J connectivity index is 0.00000338. The molecule has 0 atom stereocenters. The fraction of sp³-hybridized carbons (Fsp3) is 0.579. The summed E-state index contributed by atoms with van der Waals surface area (Å²) >= 11 is 0. The molecule has 1 aromatic carbocycles. The van der Waals surface area contributed by atoms with Gasteiger partial charge >= 0.3 is 0 Å². The molecule has 1 amide bonds. The van der Waals surface area contributed by atoms with Gasteiger partial charge in [0, 0.05) is 40.2 Å². The first-order valence-electron chi connectivity index (χ1n) is 9.00. The van der Waals surface area contributed by atoms with E-state index in [-0.39, 0.29) is 29.9 Å². The molecular formula is C19H31IN4O2. The van der Waals surface area contributed by atoms with Crippen LogP contribution in [-0.4, -0.2) is 57.1 Å². The first-order valence-corrected chi connectivity index (χ1v) is 9.00. The van der Waals surface area contributed by atoms with Gasteiger partial charge in [-0.05, 0) is 24.3 Å². The minimum Gasteiger partial charge on any atom is -0.375 e. The van der Waals surface area contributed by atoms with Crippen LogP contribution in [0.1, 0.15) is 24.8 Å². The second-order valence-electron chi connectivity index (χ2n) is 6.32. The molecule has 0 saturated carbocycles. The van der Waals surface area contributed by atoms with Crippen LogP contribution in [0.2, 0.25) is 0 Å². The summed E-state index contributed by atoms with van der Waals surface area (Å²) in [5.41, 5.74) is 1.19. The lowest BCUT2D eigenvalue weighted by Crippen LogP contribution is -2.46. The Morgan fingerprint density at radius 3 is 2.58 bits per heavy atom. The normalized spacial score (nSPS) is 15.3. The first kappa shape index (κ1) is 22.7. The zero-order valence-electron chi connectivity index (χ0n) is 15.7. The van der Waals surface area contributed by atoms with Crippen molar-refractivity contribution in [3.05, 3.63) is 35.9 Å². The smallest absolute Gasteiger partial charge is 0.220 e. The first-order chi connectivity index (χ1) is 12.2. The van der Waals surface area contributed by atoms with E-state index < -0.39 is 0 Å². The second-order valence-corrected chi connectivity index (χ2v) is 6.32. The number of rotatable bonds is 7. The van der Waals surface area contributed by atoms with Gasteiger partial charge in [0.15, 0.2) is 5.96 Å². The van der Waals surface area contributed by atoms with Crippen molar-refractivity contribution >= 4 is 35.8 Å². The Hall–Kier alpha value is -1.35. The highest BCUT2D eigenvalue weighted by molar-refractivity contribution is 14.0. The number of guanidine groups is 1. The van der Waals surface area contributed by atoms with Crippen molar-refractivity contribution in [3.63, 3.8) is 0 Å². The van der Waals surface area contributed by atoms with E-state index in [4.69, 9.17) is 4.74 Å². The van der Waals surface area contributed by atoms with Crippen LogP contribution in [0, 0.1) is 5.92 Å². The molecule has 2 N–H and O–H groups in total. The second kappa shape index (κ2) is 12.9. The molecule has 0 unspecified atom stereocenters. The number of carbonyl (C=O) groups is 1. The van der Waals surface area contributed by atoms with Crippen LogP contribution in [0.25, 0.3) is 0 Å². The van der Waals surface area contributed by atoms with Gasteiger partial charge in [-0.2, -0.15) is 0 Å². The van der Waals surface area contributed by atoms with E-state index in [1.807, 2.05) is 25.2 Å². The Kier molecular flexibility index (Phi) is 11.3. The van der Waals surface area contributed by atoms with Crippen LogP contribution >= 0.6 is 24.0 Å². The highest BCUT2D eigenvalue weighted by atomic mass is 127. The number of ether oxygens (including phenoxy) is 1. The number of hydrogen-bond donors (Lipinski definition) is 2. The lowest BCUT2D eigenvalue weighted by molar-refractivity contribution is -0.121. The summed E-state index contributed by atoms with van der Waals surface area (Å²) in [6, 6.07) is 10.2. The lowest BCUT2D eigenvalue weighted by Gasteiger charge is -2.34. The summed E-state index contributed by atoms with van der Waals surface area (Å²) in [7, 11) is 3.51. The molecule has 7 heteroatoms. The molecule has 0 bridgehead atoms. The number of hydrogen-bond acceptors (Lipinski definition) is 3. The average molecular weight is 474 g/mol. The number of amides is 1. The van der Waals surface area contributed by atoms with Crippen molar-refractivity contribution in [3.8, 4) is 0 Å². The molecule has 1 aromatic rings. The molecular weight excluding hydrogens is 443 g/mol. The minimum absolute atomic E-state index is 0. The summed E-state index contributed by atoms with van der Waals surface area (Å²) in [6.45, 7) is 3.88. The topological polar surface area (TPSA) is 66.0 Å². The lowest BCUT2D eigenvalue weighted by atomic mass is 9.93. The van der Waals surface area contributed by atoms with Gasteiger partial charge in [0.1, 0.15) is 0 Å². The van der Waals surface area contributed by atoms with Crippen molar-refractivity contribution in [2.24, 2.45) is 10.9 Å². The SMILES string of the molecule is CN=C(NCCOCc1ccccc1)N1CCC(CC(=O)NC)CC1.I. The van der Waals surface area contributed by atoms with Gasteiger partial charge in [0.25, 0.3) is 0 Å². The van der Waals surface area contributed by atoms with E-state index in [1.165, 1.54) is 5.56 Å². The summed E-state index contributed by atoms with van der Waals surface area (Å²) < 4.78 is 5.69. The van der Waals surface area contributed by atoms with Crippen LogP contribution < -0.4 is 10.6 Å². The molecule has 0 radical (unpaired) electrons. The Labute approximate surface area is 173 Å². The Morgan fingerprint density at radius 1 is 1.27 bits per heavy atom. The average Bonchev–Trinajstić information content (AvgIpc) is 2.66. The maximum absolute atomic E-state index is 11.5. The van der Waals surface area contributed by atoms with E-state index in [0.717, 1.165) is 38.4 Å². The van der Waals surface area contributed by atoms with Gasteiger partial charge in [0.2, 0.25) is 5.91 Å². The monoisotopic (exact) mass is 474 g/mol. The third-order valence-corrected chi connectivity index (χ3v) is 4.52. The van der Waals surface area contributed by atoms with Gasteiger partial charge in [-0.1, -0.05) is 30.3 Å². The van der Waals surface area contributed by atoms with Crippen LogP contribution in [0.4, 0.5) is 0 Å². The van der Waals surface area contributed by atoms with Crippen LogP contribution in [-0.2, 0) is 16.1 Å². The van der Waals surface area contributed by atoms with Gasteiger partial charge in [-0.25, -0.2) is 0 Å². The summed E-state index contributed by atoms with van der Waals surface area (Å²) in [5, 5.41) is 6.07. The fourth-order valence-corrected chi connectivity index (χ4v) is 3.04. The molecule has 6 nitrogen and oxygen atoms in total. The molecule has 0 aromatic heterocycles. The molecule has 1 aliphatic heterocycles. The predicted molar refractivity (Wildman–Crippen MR) is 116 cm³/mol. The molecule has 0 aliphatic carbocycles. The largest absolute Gasteiger partial charge is 0.375 e. The third kappa shape index (κ3) is 7.90. The molecule has 146 valence electrons. The number of likely N-dealkylation sites (tertiary alicyclic amines) is 1. The highest BCUT2D eigenvalue weighted by Gasteiger charge is 2.22. The highest BCUT2D eigenvalue weighted by Crippen LogP contribution is 2.20. The van der Waals surface area contributed by atoms with E-state index in [0.29, 0.717) is 25.6 Å². The molecule has 26 heavy (non-hydrogen) atoms. The predicted octanol–water partition coefficient (Wildman–Crippen LogP) is 2.24. The number of aliphatic imine (C=N–C) groups is 1. The standard InChI is InChI=1S/C19H30N4O2.HI/c1-20-18(24)14-16-8-11-23(12-9-16)19(21-2)22-10-13-25-15-17-6-4-3-5-7-17;/h3-7,16H,8-15H2,1-2H3,(H,20,24)(H,21,22);1H. The molecule has 0 spiro atoms. The van der Waals surface area contributed by atoms with Gasteiger partial charge in [0.05, 0.1) is 13.2 Å². The summed E-state index contributed by atoms with van der Waals surface area (Å²) in [4.78, 5) is 18.1. The van der Waals surface area contributed by atoms with Crippen LogP contribution in [0.3, 0.4) is 0 Å². The van der Waals surface area contributed by atoms with Crippen LogP contribution in [0.5, 0.6) is 0 Å². The van der Waals surface area contributed by atoms with Crippen molar-refractivity contribution in [1.82, 2.24) is 15.5 Å².